The van der Waals surface area contributed by atoms with Crippen LogP contribution in [0, 0.1) is 0 Å². The topological polar surface area (TPSA) is 135 Å². The molecular formula is C23H28O10. The fourth-order valence-corrected chi connectivity index (χ4v) is 4.25. The van der Waals surface area contributed by atoms with Gasteiger partial charge >= 0.3 is 23.9 Å². The lowest BCUT2D eigenvalue weighted by molar-refractivity contribution is -0.169. The normalized spacial score (nSPS) is 33.3. The molecule has 0 spiro atoms. The zero-order valence-electron chi connectivity index (χ0n) is 19.4. The van der Waals surface area contributed by atoms with E-state index in [2.05, 4.69) is 6.58 Å². The Labute approximate surface area is 191 Å². The average Bonchev–Trinajstić information content (AvgIpc) is 3.25. The van der Waals surface area contributed by atoms with Crippen LogP contribution in [0.4, 0.5) is 0 Å². The Morgan fingerprint density at radius 2 is 1.79 bits per heavy atom. The Hall–Kier alpha value is -3.01. The maximum atomic E-state index is 13.1. The van der Waals surface area contributed by atoms with Crippen LogP contribution >= 0.6 is 0 Å². The van der Waals surface area contributed by atoms with E-state index >= 15 is 0 Å². The Morgan fingerprint density at radius 1 is 1.12 bits per heavy atom. The Bertz CT molecular complexity index is 962. The van der Waals surface area contributed by atoms with Crippen LogP contribution in [-0.2, 0) is 47.7 Å². The molecule has 1 saturated carbocycles. The van der Waals surface area contributed by atoms with Crippen LogP contribution in [-0.4, -0.2) is 65.8 Å². The van der Waals surface area contributed by atoms with Crippen molar-refractivity contribution in [1.29, 1.82) is 0 Å². The second-order valence-electron chi connectivity index (χ2n) is 9.02. The summed E-state index contributed by atoms with van der Waals surface area (Å²) in [6.45, 7) is 10.2. The predicted octanol–water partition coefficient (Wildman–Crippen LogP) is 1.49. The molecule has 5 atom stereocenters. The highest BCUT2D eigenvalue weighted by Gasteiger charge is 2.63. The van der Waals surface area contributed by atoms with Crippen LogP contribution in [0.2, 0.25) is 0 Å². The first-order valence-corrected chi connectivity index (χ1v) is 10.6. The molecule has 1 aliphatic carbocycles. The second kappa shape index (κ2) is 8.74. The molecule has 0 aromatic heterocycles. The first kappa shape index (κ1) is 24.6. The summed E-state index contributed by atoms with van der Waals surface area (Å²) in [4.78, 5) is 61.6. The van der Waals surface area contributed by atoms with Crippen LogP contribution in [0.15, 0.2) is 23.3 Å². The van der Waals surface area contributed by atoms with Gasteiger partial charge in [-0.05, 0) is 27.2 Å². The summed E-state index contributed by atoms with van der Waals surface area (Å²) in [5, 5.41) is 0. The highest BCUT2D eigenvalue weighted by molar-refractivity contribution is 5.94. The van der Waals surface area contributed by atoms with E-state index in [9.17, 15) is 24.0 Å². The molecule has 0 N–H and O–H groups in total. The van der Waals surface area contributed by atoms with E-state index in [0.717, 1.165) is 0 Å². The van der Waals surface area contributed by atoms with Gasteiger partial charge in [0.25, 0.3) is 0 Å². The van der Waals surface area contributed by atoms with E-state index in [1.54, 1.807) is 6.92 Å². The van der Waals surface area contributed by atoms with E-state index in [4.69, 9.17) is 23.7 Å². The van der Waals surface area contributed by atoms with Crippen molar-refractivity contribution in [3.8, 4) is 0 Å². The van der Waals surface area contributed by atoms with E-state index < -0.39 is 60.0 Å². The molecule has 2 fully saturated rings. The summed E-state index contributed by atoms with van der Waals surface area (Å²) in [7, 11) is 0. The summed E-state index contributed by atoms with van der Waals surface area (Å²) < 4.78 is 27.5. The monoisotopic (exact) mass is 464 g/mol. The standard InChI is InChI=1S/C23H28O10/c1-11(2)20(27)30-15-9-23(6,32-13(4)25)16(26)7-8-22(5)19(33-22)18-17(15)14(21(28)31-18)10-29-12(3)24/h15,18-19H,1,7-10H2,2-6H3. The smallest absolute Gasteiger partial charge is 0.338 e. The fourth-order valence-electron chi connectivity index (χ4n) is 4.25. The first-order valence-electron chi connectivity index (χ1n) is 10.6. The number of carbonyl (C=O) groups excluding carboxylic acids is 5. The molecular weight excluding hydrogens is 436 g/mol. The number of fused-ring (bicyclic) bond motifs is 3. The third-order valence-electron chi connectivity index (χ3n) is 6.10. The lowest BCUT2D eigenvalue weighted by Gasteiger charge is -2.34. The molecule has 0 aromatic carbocycles. The molecule has 180 valence electrons. The summed E-state index contributed by atoms with van der Waals surface area (Å²) in [5.41, 5.74) is -2.13. The minimum atomic E-state index is -1.65. The maximum absolute atomic E-state index is 13.1. The number of hydrogen-bond donors (Lipinski definition) is 0. The third-order valence-corrected chi connectivity index (χ3v) is 6.10. The Kier molecular flexibility index (Phi) is 6.52. The van der Waals surface area contributed by atoms with Gasteiger partial charge in [-0.3, -0.25) is 14.4 Å². The molecule has 1 saturated heterocycles. The van der Waals surface area contributed by atoms with Crippen molar-refractivity contribution in [2.24, 2.45) is 0 Å². The number of esters is 4. The van der Waals surface area contributed by atoms with Crippen LogP contribution in [0.3, 0.4) is 0 Å². The number of Topliss-reactive ketones (excluding diaryl/α,β-unsaturated/α-hetero) is 1. The van der Waals surface area contributed by atoms with Gasteiger partial charge in [-0.2, -0.15) is 0 Å². The van der Waals surface area contributed by atoms with Crippen molar-refractivity contribution in [3.05, 3.63) is 23.3 Å². The molecule has 3 rings (SSSR count). The average molecular weight is 464 g/mol. The first-order chi connectivity index (χ1) is 15.3. The zero-order valence-corrected chi connectivity index (χ0v) is 19.4. The van der Waals surface area contributed by atoms with Gasteiger partial charge in [0, 0.05) is 37.8 Å². The molecule has 5 unspecified atom stereocenters. The number of carbonyl (C=O) groups is 5. The van der Waals surface area contributed by atoms with Crippen molar-refractivity contribution < 1.29 is 47.7 Å². The molecule has 10 nitrogen and oxygen atoms in total. The molecule has 3 aliphatic rings. The number of ketones is 1. The van der Waals surface area contributed by atoms with Gasteiger partial charge < -0.3 is 23.7 Å². The third kappa shape index (κ3) is 5.00. The highest BCUT2D eigenvalue weighted by atomic mass is 16.7. The maximum Gasteiger partial charge on any atom is 0.338 e. The van der Waals surface area contributed by atoms with Crippen molar-refractivity contribution in [3.63, 3.8) is 0 Å². The summed E-state index contributed by atoms with van der Waals surface area (Å²) in [5.74, 6) is -3.21. The van der Waals surface area contributed by atoms with Crippen molar-refractivity contribution >= 4 is 29.7 Å². The molecule has 2 aliphatic heterocycles. The predicted molar refractivity (Wildman–Crippen MR) is 111 cm³/mol. The molecule has 0 bridgehead atoms. The molecule has 33 heavy (non-hydrogen) atoms. The number of ether oxygens (including phenoxy) is 5. The van der Waals surface area contributed by atoms with Crippen LogP contribution in [0.5, 0.6) is 0 Å². The largest absolute Gasteiger partial charge is 0.461 e. The van der Waals surface area contributed by atoms with Gasteiger partial charge in [0.15, 0.2) is 17.5 Å². The second-order valence-corrected chi connectivity index (χ2v) is 9.02. The van der Waals surface area contributed by atoms with Crippen molar-refractivity contribution in [2.75, 3.05) is 6.61 Å². The van der Waals surface area contributed by atoms with Gasteiger partial charge in [-0.1, -0.05) is 6.58 Å². The van der Waals surface area contributed by atoms with E-state index in [-0.39, 0.29) is 35.3 Å². The lowest BCUT2D eigenvalue weighted by atomic mass is 9.80. The van der Waals surface area contributed by atoms with Gasteiger partial charge in [-0.15, -0.1) is 0 Å². The molecule has 2 heterocycles. The molecule has 10 heteroatoms. The Balaban J connectivity index is 2.15. The van der Waals surface area contributed by atoms with E-state index in [1.165, 1.54) is 27.7 Å². The number of epoxide rings is 1. The SMILES string of the molecule is C=C(C)C(=O)OC1CC(C)(OC(C)=O)C(=O)CCC2(C)OC2C2OC(=O)C(COC(C)=O)=C12. The van der Waals surface area contributed by atoms with E-state index in [0.29, 0.717) is 6.42 Å². The van der Waals surface area contributed by atoms with Crippen molar-refractivity contribution in [2.45, 2.75) is 83.4 Å². The van der Waals surface area contributed by atoms with Crippen LogP contribution in [0.25, 0.3) is 0 Å². The minimum absolute atomic E-state index is 0.00855. The highest BCUT2D eigenvalue weighted by Crippen LogP contribution is 2.50. The number of hydrogen-bond acceptors (Lipinski definition) is 10. The van der Waals surface area contributed by atoms with Crippen LogP contribution < -0.4 is 0 Å². The quantitative estimate of drug-likeness (QED) is 0.255. The zero-order chi connectivity index (χ0) is 24.7. The summed E-state index contributed by atoms with van der Waals surface area (Å²) in [6.07, 6.45) is -2.63. The number of rotatable bonds is 5. The minimum Gasteiger partial charge on any atom is -0.461 e. The van der Waals surface area contributed by atoms with Gasteiger partial charge in [0.1, 0.15) is 18.8 Å². The van der Waals surface area contributed by atoms with Gasteiger partial charge in [0.05, 0.1) is 11.2 Å². The molecule has 0 amide bonds. The van der Waals surface area contributed by atoms with Crippen LogP contribution in [0.1, 0.15) is 53.9 Å². The van der Waals surface area contributed by atoms with Gasteiger partial charge in [-0.25, -0.2) is 9.59 Å². The molecule has 0 radical (unpaired) electrons. The lowest BCUT2D eigenvalue weighted by Crippen LogP contribution is -2.47. The fraction of sp³-hybridized carbons (Fsp3) is 0.609. The molecule has 0 aromatic rings. The summed E-state index contributed by atoms with van der Waals surface area (Å²) in [6, 6.07) is 0. The van der Waals surface area contributed by atoms with Crippen molar-refractivity contribution in [1.82, 2.24) is 0 Å². The van der Waals surface area contributed by atoms with Gasteiger partial charge in [0.2, 0.25) is 0 Å². The summed E-state index contributed by atoms with van der Waals surface area (Å²) >= 11 is 0. The Morgan fingerprint density at radius 3 is 2.36 bits per heavy atom. The van der Waals surface area contributed by atoms with E-state index in [1.807, 2.05) is 0 Å².